The Morgan fingerprint density at radius 2 is 1.96 bits per heavy atom. The molecule has 134 valence electrons. The molecule has 0 spiro atoms. The maximum absolute atomic E-state index is 5.93. The monoisotopic (exact) mass is 332 g/mol. The number of methoxy groups -OCH3 is 1. The molecule has 1 saturated heterocycles. The number of benzene rings is 1. The van der Waals surface area contributed by atoms with Gasteiger partial charge in [-0.1, -0.05) is 37.1 Å². The summed E-state index contributed by atoms with van der Waals surface area (Å²) in [5, 5.41) is 3.13. The average Bonchev–Trinajstić information content (AvgIpc) is 2.82. The van der Waals surface area contributed by atoms with Crippen molar-refractivity contribution in [3.63, 3.8) is 0 Å². The van der Waals surface area contributed by atoms with Gasteiger partial charge in [0.1, 0.15) is 0 Å². The van der Waals surface area contributed by atoms with Gasteiger partial charge in [0.25, 0.3) is 0 Å². The fourth-order valence-electron chi connectivity index (χ4n) is 3.15. The van der Waals surface area contributed by atoms with Crippen LogP contribution in [-0.2, 0) is 17.8 Å². The third kappa shape index (κ3) is 6.89. The van der Waals surface area contributed by atoms with Gasteiger partial charge in [-0.3, -0.25) is 4.90 Å². The van der Waals surface area contributed by atoms with Crippen LogP contribution in [0.3, 0.4) is 0 Å². The predicted molar refractivity (Wildman–Crippen MR) is 100.0 cm³/mol. The van der Waals surface area contributed by atoms with Gasteiger partial charge in [0.15, 0.2) is 5.96 Å². The van der Waals surface area contributed by atoms with Gasteiger partial charge < -0.3 is 15.8 Å². The molecular formula is C19H32N4O. The van der Waals surface area contributed by atoms with E-state index in [1.165, 1.54) is 49.9 Å². The summed E-state index contributed by atoms with van der Waals surface area (Å²) in [6.45, 7) is 6.71. The summed E-state index contributed by atoms with van der Waals surface area (Å²) >= 11 is 0. The van der Waals surface area contributed by atoms with Gasteiger partial charge in [0.05, 0.1) is 13.2 Å². The number of hydrogen-bond donors (Lipinski definition) is 2. The molecule has 0 radical (unpaired) electrons. The summed E-state index contributed by atoms with van der Waals surface area (Å²) in [5.74, 6) is 0.470. The van der Waals surface area contributed by atoms with Crippen LogP contribution < -0.4 is 11.1 Å². The number of nitrogens with two attached hydrogens (primary N) is 1. The highest BCUT2D eigenvalue weighted by Crippen LogP contribution is 2.14. The molecule has 5 heteroatoms. The summed E-state index contributed by atoms with van der Waals surface area (Å²) in [7, 11) is 1.68. The van der Waals surface area contributed by atoms with E-state index in [0.717, 1.165) is 6.54 Å². The summed E-state index contributed by atoms with van der Waals surface area (Å²) in [6.07, 6.45) is 5.40. The van der Waals surface area contributed by atoms with Crippen molar-refractivity contribution in [2.24, 2.45) is 10.7 Å². The summed E-state index contributed by atoms with van der Waals surface area (Å²) in [5.41, 5.74) is 8.50. The van der Waals surface area contributed by atoms with Crippen molar-refractivity contribution in [1.82, 2.24) is 10.2 Å². The summed E-state index contributed by atoms with van der Waals surface area (Å²) < 4.78 is 5.09. The number of hydrogen-bond acceptors (Lipinski definition) is 3. The van der Waals surface area contributed by atoms with E-state index in [1.54, 1.807) is 7.11 Å². The van der Waals surface area contributed by atoms with Crippen LogP contribution in [0.1, 0.15) is 43.7 Å². The largest absolute Gasteiger partial charge is 0.383 e. The minimum absolute atomic E-state index is 0.160. The molecule has 3 N–H and O–H groups in total. The van der Waals surface area contributed by atoms with E-state index in [0.29, 0.717) is 19.1 Å². The maximum atomic E-state index is 5.93. The van der Waals surface area contributed by atoms with Gasteiger partial charge in [-0.05, 0) is 44.0 Å². The van der Waals surface area contributed by atoms with Crippen LogP contribution in [0.15, 0.2) is 29.3 Å². The molecule has 1 atom stereocenters. The first-order chi connectivity index (χ1) is 11.7. The van der Waals surface area contributed by atoms with E-state index in [2.05, 4.69) is 39.5 Å². The van der Waals surface area contributed by atoms with E-state index in [9.17, 15) is 0 Å². The number of aliphatic imine (C=N–C) groups is 1. The van der Waals surface area contributed by atoms with Crippen molar-refractivity contribution in [3.8, 4) is 0 Å². The quantitative estimate of drug-likeness (QED) is 0.595. The first-order valence-electron chi connectivity index (χ1n) is 9.03. The topological polar surface area (TPSA) is 62.9 Å². The lowest BCUT2D eigenvalue weighted by Gasteiger charge is -2.20. The molecule has 1 heterocycles. The van der Waals surface area contributed by atoms with Gasteiger partial charge in [0.2, 0.25) is 0 Å². The summed E-state index contributed by atoms with van der Waals surface area (Å²) in [6, 6.07) is 8.85. The third-order valence-corrected chi connectivity index (χ3v) is 4.34. The van der Waals surface area contributed by atoms with Gasteiger partial charge in [0, 0.05) is 19.7 Å². The van der Waals surface area contributed by atoms with Crippen molar-refractivity contribution in [3.05, 3.63) is 35.4 Å². The lowest BCUT2D eigenvalue weighted by molar-refractivity contribution is 0.179. The molecule has 0 aliphatic carbocycles. The van der Waals surface area contributed by atoms with E-state index in [1.807, 2.05) is 6.92 Å². The lowest BCUT2D eigenvalue weighted by Crippen LogP contribution is -2.40. The number of nitrogens with one attached hydrogen (secondary N) is 1. The van der Waals surface area contributed by atoms with Gasteiger partial charge in [-0.25, -0.2) is 4.99 Å². The fourth-order valence-corrected chi connectivity index (χ4v) is 3.15. The molecule has 0 aromatic heterocycles. The smallest absolute Gasteiger partial charge is 0.189 e. The molecule has 0 amide bonds. The zero-order valence-electron chi connectivity index (χ0n) is 15.1. The SMILES string of the molecule is COCC(C)NC(N)=NCc1cccc(CN2CCCCCC2)c1. The third-order valence-electron chi connectivity index (χ3n) is 4.34. The van der Waals surface area contributed by atoms with Crippen LogP contribution in [0.2, 0.25) is 0 Å². The van der Waals surface area contributed by atoms with Crippen LogP contribution in [-0.4, -0.2) is 43.7 Å². The van der Waals surface area contributed by atoms with Crippen molar-refractivity contribution < 1.29 is 4.74 Å². The molecule has 24 heavy (non-hydrogen) atoms. The predicted octanol–water partition coefficient (Wildman–Crippen LogP) is 2.50. The first-order valence-corrected chi connectivity index (χ1v) is 9.03. The zero-order valence-corrected chi connectivity index (χ0v) is 15.1. The average molecular weight is 332 g/mol. The minimum atomic E-state index is 0.160. The van der Waals surface area contributed by atoms with Crippen LogP contribution in [0.4, 0.5) is 0 Å². The van der Waals surface area contributed by atoms with E-state index in [-0.39, 0.29) is 6.04 Å². The molecule has 0 bridgehead atoms. The number of likely N-dealkylation sites (tertiary alicyclic amines) is 1. The number of guanidine groups is 1. The second-order valence-corrected chi connectivity index (χ2v) is 6.71. The molecule has 0 saturated carbocycles. The normalized spacial score (nSPS) is 18.2. The van der Waals surface area contributed by atoms with Crippen LogP contribution in [0, 0.1) is 0 Å². The molecule has 1 unspecified atom stereocenters. The lowest BCUT2D eigenvalue weighted by atomic mass is 10.1. The number of ether oxygens (including phenoxy) is 1. The Labute approximate surface area is 146 Å². The second-order valence-electron chi connectivity index (χ2n) is 6.71. The van der Waals surface area contributed by atoms with Gasteiger partial charge in [-0.15, -0.1) is 0 Å². The highest BCUT2D eigenvalue weighted by Gasteiger charge is 2.09. The zero-order chi connectivity index (χ0) is 17.2. The van der Waals surface area contributed by atoms with E-state index < -0.39 is 0 Å². The van der Waals surface area contributed by atoms with Crippen molar-refractivity contribution >= 4 is 5.96 Å². The summed E-state index contributed by atoms with van der Waals surface area (Å²) in [4.78, 5) is 7.00. The number of nitrogens with zero attached hydrogens (tertiary/aromatic N) is 2. The highest BCUT2D eigenvalue weighted by molar-refractivity contribution is 5.78. The number of rotatable bonds is 7. The maximum Gasteiger partial charge on any atom is 0.189 e. The van der Waals surface area contributed by atoms with Crippen LogP contribution in [0.25, 0.3) is 0 Å². The Bertz CT molecular complexity index is 510. The molecule has 1 fully saturated rings. The Hall–Kier alpha value is -1.59. The van der Waals surface area contributed by atoms with Crippen LogP contribution in [0.5, 0.6) is 0 Å². The fraction of sp³-hybridized carbons (Fsp3) is 0.632. The van der Waals surface area contributed by atoms with Crippen LogP contribution >= 0.6 is 0 Å². The van der Waals surface area contributed by atoms with Crippen molar-refractivity contribution in [2.75, 3.05) is 26.8 Å². The Morgan fingerprint density at radius 3 is 2.67 bits per heavy atom. The molecule has 1 aromatic carbocycles. The molecule has 2 rings (SSSR count). The van der Waals surface area contributed by atoms with E-state index >= 15 is 0 Å². The second kappa shape index (κ2) is 10.3. The molecular weight excluding hydrogens is 300 g/mol. The molecule has 1 aliphatic heterocycles. The van der Waals surface area contributed by atoms with Gasteiger partial charge in [-0.2, -0.15) is 0 Å². The Balaban J connectivity index is 1.87. The Morgan fingerprint density at radius 1 is 1.25 bits per heavy atom. The van der Waals surface area contributed by atoms with Crippen molar-refractivity contribution in [2.45, 2.75) is 51.7 Å². The molecule has 1 aromatic rings. The standard InChI is InChI=1S/C19H32N4O/c1-16(15-24-2)22-19(20)21-13-17-8-7-9-18(12-17)14-23-10-5-3-4-6-11-23/h7-9,12,16H,3-6,10-11,13-15H2,1-2H3,(H3,20,21,22). The highest BCUT2D eigenvalue weighted by atomic mass is 16.5. The van der Waals surface area contributed by atoms with Crippen molar-refractivity contribution in [1.29, 1.82) is 0 Å². The van der Waals surface area contributed by atoms with E-state index in [4.69, 9.17) is 10.5 Å². The molecule has 5 nitrogen and oxygen atoms in total. The van der Waals surface area contributed by atoms with Gasteiger partial charge >= 0.3 is 0 Å². The minimum Gasteiger partial charge on any atom is -0.383 e. The Kier molecular flexibility index (Phi) is 8.05. The first kappa shape index (κ1) is 18.7. The molecule has 1 aliphatic rings.